The summed E-state index contributed by atoms with van der Waals surface area (Å²) in [6.45, 7) is 8.78. The Morgan fingerprint density at radius 2 is 1.03 bits per heavy atom. The molecule has 0 unspecified atom stereocenters. The molecular weight excluding hydrogens is 412 g/mol. The summed E-state index contributed by atoms with van der Waals surface area (Å²) in [5, 5.41) is 25.7. The van der Waals surface area contributed by atoms with E-state index < -0.39 is 0 Å². The number of tetrazole rings is 2. The van der Waals surface area contributed by atoms with E-state index in [4.69, 9.17) is 0 Å². The molecule has 0 aliphatic heterocycles. The molecule has 0 amide bonds. The number of benzene rings is 2. The van der Waals surface area contributed by atoms with Gasteiger partial charge in [-0.3, -0.25) is 0 Å². The highest BCUT2D eigenvalue weighted by molar-refractivity contribution is 5.47. The van der Waals surface area contributed by atoms with Crippen molar-refractivity contribution in [2.75, 3.05) is 0 Å². The first kappa shape index (κ1) is 22.3. The Kier molecular flexibility index (Phi) is 7.48. The molecule has 4 rings (SSSR count). The first-order valence-corrected chi connectivity index (χ1v) is 11.2. The fourth-order valence-electron chi connectivity index (χ4n) is 3.47. The average Bonchev–Trinajstić information content (AvgIpc) is 3.49. The number of nitrogens with zero attached hydrogens (tertiary/aromatic N) is 8. The molecule has 4 aromatic rings. The molecule has 0 bridgehead atoms. The smallest absolute Gasteiger partial charge is 0.160 e. The second-order valence-electron chi connectivity index (χ2n) is 7.92. The first-order valence-electron chi connectivity index (χ1n) is 11.2. The molecule has 0 aliphatic rings. The van der Waals surface area contributed by atoms with Gasteiger partial charge in [-0.25, -0.2) is 0 Å². The molecule has 2 aromatic heterocycles. The van der Waals surface area contributed by atoms with Crippen LogP contribution in [0.4, 0.5) is 0 Å². The minimum atomic E-state index is 0.615. The van der Waals surface area contributed by atoms with Crippen molar-refractivity contribution in [1.82, 2.24) is 40.4 Å². The van der Waals surface area contributed by atoms with Crippen molar-refractivity contribution in [3.63, 3.8) is 0 Å². The fourth-order valence-corrected chi connectivity index (χ4v) is 3.47. The fraction of sp³-hybridized carbons (Fsp3) is 0.280. The summed E-state index contributed by atoms with van der Waals surface area (Å²) in [6.07, 6.45) is 8.35. The van der Waals surface area contributed by atoms with Crippen LogP contribution in [0.3, 0.4) is 0 Å². The van der Waals surface area contributed by atoms with Gasteiger partial charge in [-0.15, -0.1) is 20.4 Å². The number of aromatic nitrogens is 8. The van der Waals surface area contributed by atoms with Gasteiger partial charge in [-0.05, 0) is 45.5 Å². The van der Waals surface area contributed by atoms with Gasteiger partial charge in [-0.1, -0.05) is 80.3 Å². The van der Waals surface area contributed by atoms with Crippen molar-refractivity contribution < 1.29 is 0 Å². The Bertz CT molecular complexity index is 1080. The summed E-state index contributed by atoms with van der Waals surface area (Å²) in [7, 11) is 0. The van der Waals surface area contributed by atoms with Crippen molar-refractivity contribution in [2.45, 2.75) is 45.2 Å². The summed E-state index contributed by atoms with van der Waals surface area (Å²) >= 11 is 0. The van der Waals surface area contributed by atoms with Crippen LogP contribution in [0.5, 0.6) is 0 Å². The molecule has 0 spiro atoms. The summed E-state index contributed by atoms with van der Waals surface area (Å²) in [6, 6.07) is 16.4. The quantitative estimate of drug-likeness (QED) is 0.310. The van der Waals surface area contributed by atoms with Crippen molar-refractivity contribution in [3.8, 4) is 0 Å². The highest BCUT2D eigenvalue weighted by Gasteiger charge is 2.06. The predicted molar refractivity (Wildman–Crippen MR) is 128 cm³/mol. The molecule has 0 saturated heterocycles. The molecule has 2 heterocycles. The highest BCUT2D eigenvalue weighted by atomic mass is 15.6. The van der Waals surface area contributed by atoms with E-state index in [1.54, 1.807) is 9.59 Å². The van der Waals surface area contributed by atoms with Crippen LogP contribution in [-0.4, -0.2) is 40.4 Å². The van der Waals surface area contributed by atoms with Gasteiger partial charge >= 0.3 is 0 Å². The van der Waals surface area contributed by atoms with E-state index in [2.05, 4.69) is 68.2 Å². The Balaban J connectivity index is 1.16. The van der Waals surface area contributed by atoms with Crippen LogP contribution in [0.1, 0.15) is 53.2 Å². The van der Waals surface area contributed by atoms with Crippen molar-refractivity contribution >= 4 is 12.2 Å². The van der Waals surface area contributed by atoms with Gasteiger partial charge in [0.2, 0.25) is 0 Å². The zero-order valence-corrected chi connectivity index (χ0v) is 18.7. The highest BCUT2D eigenvalue weighted by Crippen LogP contribution is 2.09. The van der Waals surface area contributed by atoms with Crippen molar-refractivity contribution in [3.05, 3.63) is 95.6 Å². The van der Waals surface area contributed by atoms with Gasteiger partial charge in [0.15, 0.2) is 11.6 Å². The number of rotatable bonds is 12. The molecule has 8 nitrogen and oxygen atoms in total. The second kappa shape index (κ2) is 11.1. The third-order valence-electron chi connectivity index (χ3n) is 5.37. The molecule has 0 aliphatic carbocycles. The molecule has 8 heteroatoms. The molecular formula is C25H28N8. The lowest BCUT2D eigenvalue weighted by Crippen LogP contribution is -2.04. The van der Waals surface area contributed by atoms with Crippen molar-refractivity contribution in [1.29, 1.82) is 0 Å². The Morgan fingerprint density at radius 1 is 0.606 bits per heavy atom. The van der Waals surface area contributed by atoms with E-state index in [1.165, 1.54) is 0 Å². The van der Waals surface area contributed by atoms with E-state index in [-0.39, 0.29) is 0 Å². The van der Waals surface area contributed by atoms with Gasteiger partial charge in [0, 0.05) is 12.8 Å². The van der Waals surface area contributed by atoms with E-state index >= 15 is 0 Å². The summed E-state index contributed by atoms with van der Waals surface area (Å²) in [5.74, 6) is 1.56. The zero-order chi connectivity index (χ0) is 22.9. The predicted octanol–water partition coefficient (Wildman–Crippen LogP) is 4.00. The Hall–Kier alpha value is -3.94. The Labute approximate surface area is 193 Å². The largest absolute Gasteiger partial charge is 0.174 e. The molecule has 0 N–H and O–H groups in total. The molecule has 0 fully saturated rings. The van der Waals surface area contributed by atoms with E-state index in [0.717, 1.165) is 66.0 Å². The maximum Gasteiger partial charge on any atom is 0.174 e. The minimum Gasteiger partial charge on any atom is -0.160 e. The molecule has 0 radical (unpaired) electrons. The third-order valence-corrected chi connectivity index (χ3v) is 5.37. The molecule has 0 atom stereocenters. The second-order valence-corrected chi connectivity index (χ2v) is 7.92. The zero-order valence-electron chi connectivity index (χ0n) is 18.7. The lowest BCUT2D eigenvalue weighted by atomic mass is 10.1. The van der Waals surface area contributed by atoms with Crippen LogP contribution in [0.2, 0.25) is 0 Å². The number of hydrogen-bond acceptors (Lipinski definition) is 6. The lowest BCUT2D eigenvalue weighted by Gasteiger charge is -2.00. The van der Waals surface area contributed by atoms with E-state index in [1.807, 2.05) is 36.4 Å². The lowest BCUT2D eigenvalue weighted by molar-refractivity contribution is 0.566. The van der Waals surface area contributed by atoms with Crippen molar-refractivity contribution in [2.24, 2.45) is 0 Å². The average molecular weight is 441 g/mol. The number of unbranched alkanes of at least 4 members (excludes halogenated alkanes) is 2. The molecule has 168 valence electrons. The third kappa shape index (κ3) is 6.52. The SMILES string of the molecule is C=Cc1ccc(Cn2nnc(CCCCCc3nnn(Cc4ccc(C=C)cc4)n3)n2)cc1. The number of aryl methyl sites for hydroxylation is 2. The Morgan fingerprint density at radius 3 is 1.42 bits per heavy atom. The minimum absolute atomic E-state index is 0.615. The van der Waals surface area contributed by atoms with Crippen LogP contribution in [-0.2, 0) is 25.9 Å². The number of hydrogen-bond donors (Lipinski definition) is 0. The standard InChI is InChI=1S/C25H28N8/c1-3-20-10-14-22(15-11-20)18-32-28-24(26-30-32)8-6-5-7-9-25-27-31-33(29-25)19-23-16-12-21(4-2)13-17-23/h3-4,10-17H,1-2,5-9,18-19H2. The van der Waals surface area contributed by atoms with Gasteiger partial charge < -0.3 is 0 Å². The van der Waals surface area contributed by atoms with Crippen LogP contribution in [0.25, 0.3) is 12.2 Å². The van der Waals surface area contributed by atoms with E-state index in [0.29, 0.717) is 13.1 Å². The first-order chi connectivity index (χ1) is 16.2. The van der Waals surface area contributed by atoms with Crippen LogP contribution in [0.15, 0.2) is 61.7 Å². The van der Waals surface area contributed by atoms with Gasteiger partial charge in [0.25, 0.3) is 0 Å². The van der Waals surface area contributed by atoms with Gasteiger partial charge in [0.1, 0.15) is 0 Å². The summed E-state index contributed by atoms with van der Waals surface area (Å²) < 4.78 is 0. The molecule has 33 heavy (non-hydrogen) atoms. The topological polar surface area (TPSA) is 87.2 Å². The van der Waals surface area contributed by atoms with Crippen LogP contribution < -0.4 is 0 Å². The normalized spacial score (nSPS) is 10.9. The summed E-state index contributed by atoms with van der Waals surface area (Å²) in [4.78, 5) is 3.29. The molecule has 0 saturated carbocycles. The maximum atomic E-state index is 4.49. The van der Waals surface area contributed by atoms with Crippen LogP contribution >= 0.6 is 0 Å². The van der Waals surface area contributed by atoms with Gasteiger partial charge in [-0.2, -0.15) is 9.59 Å². The van der Waals surface area contributed by atoms with E-state index in [9.17, 15) is 0 Å². The van der Waals surface area contributed by atoms with Crippen LogP contribution in [0, 0.1) is 0 Å². The van der Waals surface area contributed by atoms with Gasteiger partial charge in [0.05, 0.1) is 13.1 Å². The monoisotopic (exact) mass is 440 g/mol. The maximum absolute atomic E-state index is 4.49. The summed E-state index contributed by atoms with van der Waals surface area (Å²) in [5.41, 5.74) is 4.47. The molecule has 2 aromatic carbocycles.